The monoisotopic (exact) mass is 237 g/mol. The lowest BCUT2D eigenvalue weighted by molar-refractivity contribution is -0.109. The Morgan fingerprint density at radius 1 is 1.44 bits per heavy atom. The molecule has 1 unspecified atom stereocenters. The SMILES string of the molecule is O=CCOc1ccc(CC2CNCS2)cc1. The van der Waals surface area contributed by atoms with Crippen molar-refractivity contribution in [3.05, 3.63) is 29.8 Å². The van der Waals surface area contributed by atoms with Gasteiger partial charge in [0, 0.05) is 17.7 Å². The van der Waals surface area contributed by atoms with Gasteiger partial charge in [-0.2, -0.15) is 0 Å². The summed E-state index contributed by atoms with van der Waals surface area (Å²) in [7, 11) is 0. The Kier molecular flexibility index (Phi) is 4.25. The molecule has 1 fully saturated rings. The van der Waals surface area contributed by atoms with E-state index in [0.29, 0.717) is 5.25 Å². The van der Waals surface area contributed by atoms with Crippen molar-refractivity contribution in [3.8, 4) is 5.75 Å². The second-order valence-electron chi connectivity index (χ2n) is 3.71. The van der Waals surface area contributed by atoms with Crippen LogP contribution in [0.4, 0.5) is 0 Å². The smallest absolute Gasteiger partial charge is 0.157 e. The van der Waals surface area contributed by atoms with E-state index in [4.69, 9.17) is 4.74 Å². The molecule has 1 aromatic carbocycles. The van der Waals surface area contributed by atoms with Crippen molar-refractivity contribution in [2.24, 2.45) is 0 Å². The molecule has 1 aromatic rings. The van der Waals surface area contributed by atoms with E-state index in [1.165, 1.54) is 5.56 Å². The molecule has 0 aliphatic carbocycles. The molecule has 1 aliphatic heterocycles. The van der Waals surface area contributed by atoms with Crippen LogP contribution < -0.4 is 10.1 Å². The normalized spacial score (nSPS) is 19.6. The highest BCUT2D eigenvalue weighted by Crippen LogP contribution is 2.21. The number of benzene rings is 1. The zero-order valence-corrected chi connectivity index (χ0v) is 9.83. The molecule has 0 bridgehead atoms. The number of thioether (sulfide) groups is 1. The van der Waals surface area contributed by atoms with E-state index in [2.05, 4.69) is 17.4 Å². The Labute approximate surface area is 99.6 Å². The summed E-state index contributed by atoms with van der Waals surface area (Å²) in [6, 6.07) is 7.98. The van der Waals surface area contributed by atoms with Crippen LogP contribution in [0.2, 0.25) is 0 Å². The maximum Gasteiger partial charge on any atom is 0.157 e. The van der Waals surface area contributed by atoms with Crippen LogP contribution in [0, 0.1) is 0 Å². The Bertz CT molecular complexity index is 333. The molecule has 4 heteroatoms. The molecule has 2 rings (SSSR count). The summed E-state index contributed by atoms with van der Waals surface area (Å²) >= 11 is 1.97. The Hall–Kier alpha value is -1.00. The number of ether oxygens (including phenoxy) is 1. The van der Waals surface area contributed by atoms with Gasteiger partial charge in [-0.1, -0.05) is 12.1 Å². The van der Waals surface area contributed by atoms with Crippen LogP contribution in [0.25, 0.3) is 0 Å². The summed E-state index contributed by atoms with van der Waals surface area (Å²) in [4.78, 5) is 10.1. The molecule has 1 heterocycles. The molecule has 1 N–H and O–H groups in total. The van der Waals surface area contributed by atoms with Crippen LogP contribution in [0.1, 0.15) is 5.56 Å². The van der Waals surface area contributed by atoms with Gasteiger partial charge in [0.25, 0.3) is 0 Å². The third kappa shape index (κ3) is 3.25. The quantitative estimate of drug-likeness (QED) is 0.787. The molecule has 3 nitrogen and oxygen atoms in total. The van der Waals surface area contributed by atoms with E-state index < -0.39 is 0 Å². The fraction of sp³-hybridized carbons (Fsp3) is 0.417. The van der Waals surface area contributed by atoms with Crippen LogP contribution in [-0.4, -0.2) is 30.6 Å². The van der Waals surface area contributed by atoms with Gasteiger partial charge in [-0.05, 0) is 24.1 Å². The number of nitrogens with one attached hydrogen (secondary N) is 1. The van der Waals surface area contributed by atoms with Crippen molar-refractivity contribution in [3.63, 3.8) is 0 Å². The van der Waals surface area contributed by atoms with Crippen LogP contribution in [-0.2, 0) is 11.2 Å². The van der Waals surface area contributed by atoms with Gasteiger partial charge in [-0.3, -0.25) is 4.79 Å². The number of carbonyl (C=O) groups is 1. The molecule has 0 aromatic heterocycles. The summed E-state index contributed by atoms with van der Waals surface area (Å²) < 4.78 is 5.19. The highest BCUT2D eigenvalue weighted by molar-refractivity contribution is 8.00. The number of hydrogen-bond donors (Lipinski definition) is 1. The first-order chi connectivity index (χ1) is 7.88. The Morgan fingerprint density at radius 2 is 2.25 bits per heavy atom. The molecule has 16 heavy (non-hydrogen) atoms. The molecular formula is C12H15NO2S. The standard InChI is InChI=1S/C12H15NO2S/c14-5-6-15-11-3-1-10(2-4-11)7-12-8-13-9-16-12/h1-5,12-13H,6-9H2. The van der Waals surface area contributed by atoms with Crippen LogP contribution >= 0.6 is 11.8 Å². The minimum atomic E-state index is 0.127. The summed E-state index contributed by atoms with van der Waals surface area (Å²) in [6.07, 6.45) is 1.85. The van der Waals surface area contributed by atoms with E-state index in [0.717, 1.165) is 30.9 Å². The van der Waals surface area contributed by atoms with Crippen molar-refractivity contribution < 1.29 is 9.53 Å². The zero-order valence-electron chi connectivity index (χ0n) is 9.02. The topological polar surface area (TPSA) is 38.3 Å². The first-order valence-corrected chi connectivity index (χ1v) is 6.41. The van der Waals surface area contributed by atoms with Gasteiger partial charge in [0.05, 0.1) is 0 Å². The third-order valence-corrected chi connectivity index (χ3v) is 3.67. The molecule has 1 saturated heterocycles. The van der Waals surface area contributed by atoms with Crippen LogP contribution in [0.15, 0.2) is 24.3 Å². The molecule has 0 saturated carbocycles. The van der Waals surface area contributed by atoms with Crippen molar-refractivity contribution in [1.82, 2.24) is 5.32 Å². The summed E-state index contributed by atoms with van der Waals surface area (Å²) in [5, 5.41) is 4.01. The molecule has 1 aliphatic rings. The van der Waals surface area contributed by atoms with E-state index >= 15 is 0 Å². The van der Waals surface area contributed by atoms with E-state index in [1.54, 1.807) is 0 Å². The molecule has 0 amide bonds. The molecule has 0 spiro atoms. The maximum absolute atomic E-state index is 10.1. The summed E-state index contributed by atoms with van der Waals surface area (Å²) in [5.41, 5.74) is 1.32. The number of hydrogen-bond acceptors (Lipinski definition) is 4. The van der Waals surface area contributed by atoms with E-state index in [1.807, 2.05) is 23.9 Å². The van der Waals surface area contributed by atoms with Gasteiger partial charge < -0.3 is 10.1 Å². The average Bonchev–Trinajstić information content (AvgIpc) is 2.81. The molecule has 86 valence electrons. The van der Waals surface area contributed by atoms with Crippen molar-refractivity contribution in [2.75, 3.05) is 19.0 Å². The Morgan fingerprint density at radius 3 is 2.88 bits per heavy atom. The van der Waals surface area contributed by atoms with Gasteiger partial charge in [-0.25, -0.2) is 0 Å². The minimum absolute atomic E-state index is 0.127. The maximum atomic E-state index is 10.1. The molecular weight excluding hydrogens is 222 g/mol. The fourth-order valence-electron chi connectivity index (χ4n) is 1.70. The highest BCUT2D eigenvalue weighted by Gasteiger charge is 2.14. The second kappa shape index (κ2) is 5.92. The van der Waals surface area contributed by atoms with Gasteiger partial charge >= 0.3 is 0 Å². The van der Waals surface area contributed by atoms with Crippen LogP contribution in [0.5, 0.6) is 5.75 Å². The lowest BCUT2D eigenvalue weighted by Crippen LogP contribution is -2.14. The van der Waals surface area contributed by atoms with Crippen molar-refractivity contribution >= 4 is 18.0 Å². The average molecular weight is 237 g/mol. The van der Waals surface area contributed by atoms with Gasteiger partial charge in [0.2, 0.25) is 0 Å². The highest BCUT2D eigenvalue weighted by atomic mass is 32.2. The second-order valence-corrected chi connectivity index (χ2v) is 5.00. The lowest BCUT2D eigenvalue weighted by Gasteiger charge is -2.08. The predicted molar refractivity (Wildman–Crippen MR) is 66.0 cm³/mol. The predicted octanol–water partition coefficient (Wildman–Crippen LogP) is 1.47. The van der Waals surface area contributed by atoms with Gasteiger partial charge in [0.1, 0.15) is 12.4 Å². The molecule has 0 radical (unpaired) electrons. The van der Waals surface area contributed by atoms with Crippen LogP contribution in [0.3, 0.4) is 0 Å². The van der Waals surface area contributed by atoms with Gasteiger partial charge in [-0.15, -0.1) is 11.8 Å². The summed E-state index contributed by atoms with van der Waals surface area (Å²) in [5.74, 6) is 1.82. The fourth-order valence-corrected chi connectivity index (χ4v) is 2.72. The minimum Gasteiger partial charge on any atom is -0.486 e. The largest absolute Gasteiger partial charge is 0.486 e. The third-order valence-electron chi connectivity index (χ3n) is 2.50. The number of carbonyl (C=O) groups excluding carboxylic acids is 1. The number of rotatable bonds is 5. The Balaban J connectivity index is 1.88. The van der Waals surface area contributed by atoms with Gasteiger partial charge in [0.15, 0.2) is 6.29 Å². The lowest BCUT2D eigenvalue weighted by atomic mass is 10.1. The summed E-state index contributed by atoms with van der Waals surface area (Å²) in [6.45, 7) is 1.22. The first-order valence-electron chi connectivity index (χ1n) is 5.36. The van der Waals surface area contributed by atoms with E-state index in [9.17, 15) is 4.79 Å². The van der Waals surface area contributed by atoms with E-state index in [-0.39, 0.29) is 6.61 Å². The zero-order chi connectivity index (χ0) is 11.2. The number of aldehydes is 1. The van der Waals surface area contributed by atoms with Crippen molar-refractivity contribution in [1.29, 1.82) is 0 Å². The first kappa shape index (κ1) is 11.5. The molecule has 1 atom stereocenters. The van der Waals surface area contributed by atoms with Crippen molar-refractivity contribution in [2.45, 2.75) is 11.7 Å².